The summed E-state index contributed by atoms with van der Waals surface area (Å²) in [4.78, 5) is 10.7. The van der Waals surface area contributed by atoms with Crippen LogP contribution in [0.3, 0.4) is 0 Å². The van der Waals surface area contributed by atoms with Gasteiger partial charge in [0.25, 0.3) is 0 Å². The Morgan fingerprint density at radius 1 is 1.06 bits per heavy atom. The summed E-state index contributed by atoms with van der Waals surface area (Å²) in [5.74, 6) is 1.93. The van der Waals surface area contributed by atoms with Gasteiger partial charge >= 0.3 is 0 Å². The smallest absolute Gasteiger partial charge is 0.164 e. The predicted octanol–water partition coefficient (Wildman–Crippen LogP) is 3.29. The molecule has 0 amide bonds. The topological polar surface area (TPSA) is 55.8 Å². The first-order chi connectivity index (χ1) is 16.7. The van der Waals surface area contributed by atoms with E-state index in [2.05, 4.69) is 15.0 Å². The molecule has 3 aliphatic heterocycles. The lowest BCUT2D eigenvalue weighted by molar-refractivity contribution is 0.0103. The first-order valence-corrected chi connectivity index (χ1v) is 11.6. The zero-order valence-electron chi connectivity index (χ0n) is 19.6. The third-order valence-corrected chi connectivity index (χ3v) is 6.74. The molecular formula is C26H30FN3O4. The second-order valence-corrected chi connectivity index (χ2v) is 8.77. The first kappa shape index (κ1) is 22.7. The molecule has 5 rings (SSSR count). The van der Waals surface area contributed by atoms with Crippen LogP contribution in [0.1, 0.15) is 11.1 Å². The fraction of sp³-hybridized carbons (Fsp3) is 0.423. The van der Waals surface area contributed by atoms with Crippen molar-refractivity contribution in [2.45, 2.75) is 6.10 Å². The van der Waals surface area contributed by atoms with Gasteiger partial charge in [-0.05, 0) is 12.1 Å². The Labute approximate surface area is 199 Å². The summed E-state index contributed by atoms with van der Waals surface area (Å²) < 4.78 is 30.7. The van der Waals surface area contributed by atoms with Crippen LogP contribution in [0.2, 0.25) is 0 Å². The van der Waals surface area contributed by atoms with Crippen molar-refractivity contribution in [3.8, 4) is 17.2 Å². The number of nitrogens with zero attached hydrogens (tertiary/aromatic N) is 3. The number of hydrogen-bond donors (Lipinski definition) is 0. The number of ether oxygens (including phenoxy) is 3. The Balaban J connectivity index is 1.14. The summed E-state index contributed by atoms with van der Waals surface area (Å²) in [6.45, 7) is 5.99. The van der Waals surface area contributed by atoms with E-state index >= 15 is 0 Å². The lowest BCUT2D eigenvalue weighted by atomic mass is 9.90. The van der Waals surface area contributed by atoms with Gasteiger partial charge in [-0.25, -0.2) is 4.39 Å². The molecule has 0 N–H and O–H groups in total. The number of oxime groups is 1. The number of rotatable bonds is 7. The Hall–Kier alpha value is -3.10. The van der Waals surface area contributed by atoms with Gasteiger partial charge in [-0.1, -0.05) is 35.5 Å². The quantitative estimate of drug-likeness (QED) is 0.623. The number of benzene rings is 2. The minimum atomic E-state index is -0.186. The number of halogens is 1. The van der Waals surface area contributed by atoms with Crippen molar-refractivity contribution >= 4 is 11.8 Å². The largest absolute Gasteiger partial charge is 0.493 e. The van der Waals surface area contributed by atoms with Gasteiger partial charge in [-0.15, -0.1) is 0 Å². The Kier molecular flexibility index (Phi) is 6.69. The minimum Gasteiger partial charge on any atom is -0.493 e. The molecule has 0 spiro atoms. The van der Waals surface area contributed by atoms with E-state index in [-0.39, 0.29) is 17.8 Å². The van der Waals surface area contributed by atoms with E-state index in [1.165, 1.54) is 6.07 Å². The fourth-order valence-electron chi connectivity index (χ4n) is 4.74. The van der Waals surface area contributed by atoms with Crippen molar-refractivity contribution in [2.75, 3.05) is 60.1 Å². The Morgan fingerprint density at radius 2 is 1.79 bits per heavy atom. The molecule has 0 aliphatic carbocycles. The van der Waals surface area contributed by atoms with Gasteiger partial charge in [0.05, 0.1) is 20.1 Å². The van der Waals surface area contributed by atoms with Gasteiger partial charge < -0.3 is 19.0 Å². The molecule has 34 heavy (non-hydrogen) atoms. The normalized spacial score (nSPS) is 22.5. The highest BCUT2D eigenvalue weighted by Gasteiger charge is 2.41. The molecule has 2 aromatic rings. The molecular weight excluding hydrogens is 437 g/mol. The van der Waals surface area contributed by atoms with Crippen molar-refractivity contribution in [3.05, 3.63) is 59.4 Å². The van der Waals surface area contributed by atoms with E-state index in [4.69, 9.17) is 19.0 Å². The van der Waals surface area contributed by atoms with E-state index in [9.17, 15) is 4.39 Å². The predicted molar refractivity (Wildman–Crippen MR) is 128 cm³/mol. The van der Waals surface area contributed by atoms with Crippen LogP contribution in [-0.2, 0) is 4.84 Å². The third-order valence-electron chi connectivity index (χ3n) is 6.74. The highest BCUT2D eigenvalue weighted by molar-refractivity contribution is 6.06. The summed E-state index contributed by atoms with van der Waals surface area (Å²) in [7, 11) is 3.23. The molecule has 180 valence electrons. The molecule has 1 saturated heterocycles. The van der Waals surface area contributed by atoms with Gasteiger partial charge in [0, 0.05) is 56.5 Å². The van der Waals surface area contributed by atoms with Gasteiger partial charge in [0.15, 0.2) is 17.6 Å². The summed E-state index contributed by atoms with van der Waals surface area (Å²) in [6, 6.07) is 10.6. The molecule has 0 unspecified atom stereocenters. The number of fused-ring (bicyclic) bond motifs is 3. The number of methoxy groups -OCH3 is 2. The summed E-state index contributed by atoms with van der Waals surface area (Å²) in [6.07, 6.45) is 3.86. The zero-order valence-corrected chi connectivity index (χ0v) is 19.6. The van der Waals surface area contributed by atoms with Gasteiger partial charge in [-0.2, -0.15) is 0 Å². The van der Waals surface area contributed by atoms with Crippen molar-refractivity contribution in [1.82, 2.24) is 9.80 Å². The van der Waals surface area contributed by atoms with Gasteiger partial charge in [-0.3, -0.25) is 9.80 Å². The van der Waals surface area contributed by atoms with Crippen LogP contribution < -0.4 is 14.2 Å². The summed E-state index contributed by atoms with van der Waals surface area (Å²) >= 11 is 0. The highest BCUT2D eigenvalue weighted by atomic mass is 19.1. The van der Waals surface area contributed by atoms with Crippen LogP contribution in [0, 0.1) is 11.7 Å². The number of hydrogen-bond acceptors (Lipinski definition) is 7. The van der Waals surface area contributed by atoms with Crippen molar-refractivity contribution in [2.24, 2.45) is 11.1 Å². The molecule has 3 aliphatic rings. The maximum atomic E-state index is 13.8. The van der Waals surface area contributed by atoms with Gasteiger partial charge in [0.1, 0.15) is 23.9 Å². The second kappa shape index (κ2) is 10.0. The van der Waals surface area contributed by atoms with E-state index < -0.39 is 0 Å². The van der Waals surface area contributed by atoms with Crippen molar-refractivity contribution in [1.29, 1.82) is 0 Å². The van der Waals surface area contributed by atoms with Crippen LogP contribution in [0.15, 0.2) is 47.6 Å². The second-order valence-electron chi connectivity index (χ2n) is 8.77. The minimum absolute atomic E-state index is 0.0382. The number of piperazine rings is 1. The van der Waals surface area contributed by atoms with Crippen LogP contribution in [0.25, 0.3) is 6.08 Å². The average Bonchev–Trinajstić information content (AvgIpc) is 3.28. The van der Waals surface area contributed by atoms with Crippen molar-refractivity contribution in [3.63, 3.8) is 0 Å². The van der Waals surface area contributed by atoms with Gasteiger partial charge in [0.2, 0.25) is 0 Å². The fourth-order valence-corrected chi connectivity index (χ4v) is 4.74. The van der Waals surface area contributed by atoms with E-state index in [1.807, 2.05) is 30.4 Å². The van der Waals surface area contributed by atoms with Crippen LogP contribution in [0.4, 0.5) is 4.39 Å². The molecule has 0 radical (unpaired) electrons. The molecule has 8 heteroatoms. The van der Waals surface area contributed by atoms with Crippen LogP contribution in [0.5, 0.6) is 17.2 Å². The Morgan fingerprint density at radius 3 is 2.56 bits per heavy atom. The molecule has 0 aromatic heterocycles. The maximum absolute atomic E-state index is 13.8. The molecule has 3 heterocycles. The lowest BCUT2D eigenvalue weighted by Gasteiger charge is -2.36. The summed E-state index contributed by atoms with van der Waals surface area (Å²) in [5, 5.41) is 4.43. The first-order valence-electron chi connectivity index (χ1n) is 11.6. The molecule has 0 bridgehead atoms. The maximum Gasteiger partial charge on any atom is 0.164 e. The SMILES string of the molecule is COc1cc2c(cc1OC)C1=NO[C@@H](CN3CCN(C/C=C/c4ccccc4F)CC3)[C@@H]1CO2. The molecule has 2 atom stereocenters. The summed E-state index contributed by atoms with van der Waals surface area (Å²) in [5.41, 5.74) is 2.45. The van der Waals surface area contributed by atoms with E-state index in [0.717, 1.165) is 56.3 Å². The zero-order chi connectivity index (χ0) is 23.5. The van der Waals surface area contributed by atoms with E-state index in [1.54, 1.807) is 26.4 Å². The van der Waals surface area contributed by atoms with Crippen molar-refractivity contribution < 1.29 is 23.4 Å². The Bertz CT molecular complexity index is 1080. The third kappa shape index (κ3) is 4.60. The van der Waals surface area contributed by atoms with Crippen LogP contribution in [-0.4, -0.2) is 81.7 Å². The lowest BCUT2D eigenvalue weighted by Crippen LogP contribution is -2.50. The van der Waals surface area contributed by atoms with E-state index in [0.29, 0.717) is 23.7 Å². The molecule has 0 saturated carbocycles. The monoisotopic (exact) mass is 467 g/mol. The van der Waals surface area contributed by atoms with Crippen LogP contribution >= 0.6 is 0 Å². The highest BCUT2D eigenvalue weighted by Crippen LogP contribution is 2.40. The molecule has 1 fully saturated rings. The standard InChI is InChI=1S/C26H30FN3O4/c1-31-23-14-19-22(15-24(23)32-2)33-17-20-25(34-28-26(19)20)16-30-12-10-29(11-13-30)9-5-7-18-6-3-4-8-21(18)27/h3-8,14-15,20,25H,9-13,16-17H2,1-2H3/b7-5+/t20-,25-/m0/s1. The molecule has 7 nitrogen and oxygen atoms in total. The molecule has 2 aromatic carbocycles. The average molecular weight is 468 g/mol.